The van der Waals surface area contributed by atoms with Crippen molar-refractivity contribution >= 4 is 27.5 Å². The summed E-state index contributed by atoms with van der Waals surface area (Å²) in [4.78, 5) is 0. The molecule has 0 spiro atoms. The lowest BCUT2D eigenvalue weighted by molar-refractivity contribution is 1.22. The highest BCUT2D eigenvalue weighted by molar-refractivity contribution is 7.17. The highest BCUT2D eigenvalue weighted by Gasteiger charge is 1.93. The molecule has 1 aromatic heterocycles. The normalized spacial score (nSPS) is 12.1. The van der Waals surface area contributed by atoms with E-state index >= 15 is 0 Å². The van der Waals surface area contributed by atoms with Crippen LogP contribution in [0.2, 0.25) is 0 Å². The van der Waals surface area contributed by atoms with Gasteiger partial charge in [0.2, 0.25) is 0 Å². The molecule has 15 heavy (non-hydrogen) atoms. The molecule has 0 aliphatic carbocycles. The van der Waals surface area contributed by atoms with Crippen LogP contribution in [0.1, 0.15) is 18.9 Å². The van der Waals surface area contributed by atoms with Gasteiger partial charge in [-0.3, -0.25) is 0 Å². The maximum Gasteiger partial charge on any atom is 0.0348 e. The van der Waals surface area contributed by atoms with Crippen LogP contribution in [0.15, 0.2) is 47.9 Å². The van der Waals surface area contributed by atoms with Gasteiger partial charge in [0.15, 0.2) is 0 Å². The zero-order valence-corrected chi connectivity index (χ0v) is 9.63. The third-order valence-electron chi connectivity index (χ3n) is 2.25. The van der Waals surface area contributed by atoms with E-state index in [1.165, 1.54) is 15.6 Å². The second-order valence-electron chi connectivity index (χ2n) is 3.41. The van der Waals surface area contributed by atoms with E-state index in [0.29, 0.717) is 0 Å². The van der Waals surface area contributed by atoms with Crippen molar-refractivity contribution < 1.29 is 0 Å². The first-order valence-corrected chi connectivity index (χ1v) is 6.08. The van der Waals surface area contributed by atoms with Crippen LogP contribution in [0, 0.1) is 0 Å². The zero-order valence-electron chi connectivity index (χ0n) is 8.81. The predicted molar refractivity (Wildman–Crippen MR) is 70.3 cm³/mol. The van der Waals surface area contributed by atoms with Crippen molar-refractivity contribution in [2.75, 3.05) is 0 Å². The van der Waals surface area contributed by atoms with Gasteiger partial charge in [0.05, 0.1) is 0 Å². The number of fused-ring (bicyclic) bond motifs is 1. The summed E-state index contributed by atoms with van der Waals surface area (Å²) in [6.07, 6.45) is 9.58. The second kappa shape index (κ2) is 4.94. The van der Waals surface area contributed by atoms with Gasteiger partial charge < -0.3 is 0 Å². The molecule has 0 radical (unpaired) electrons. The average molecular weight is 214 g/mol. The van der Waals surface area contributed by atoms with Crippen LogP contribution < -0.4 is 0 Å². The van der Waals surface area contributed by atoms with E-state index in [1.807, 2.05) is 0 Å². The number of thiophene rings is 1. The molecule has 1 heterocycles. The van der Waals surface area contributed by atoms with Crippen molar-refractivity contribution in [3.8, 4) is 0 Å². The molecule has 2 aromatic rings. The van der Waals surface area contributed by atoms with Gasteiger partial charge in [0.25, 0.3) is 0 Å². The van der Waals surface area contributed by atoms with Gasteiger partial charge in [-0.15, -0.1) is 11.3 Å². The number of benzene rings is 1. The Morgan fingerprint density at radius 3 is 3.00 bits per heavy atom. The monoisotopic (exact) mass is 214 g/mol. The molecule has 0 aliphatic heterocycles. The Kier molecular flexibility index (Phi) is 3.36. The summed E-state index contributed by atoms with van der Waals surface area (Å²) < 4.78 is 1.36. The van der Waals surface area contributed by atoms with Crippen LogP contribution in [0.25, 0.3) is 16.2 Å². The molecule has 0 N–H and O–H groups in total. The second-order valence-corrected chi connectivity index (χ2v) is 4.36. The summed E-state index contributed by atoms with van der Waals surface area (Å²) in [7, 11) is 0. The van der Waals surface area contributed by atoms with Crippen molar-refractivity contribution in [1.29, 1.82) is 0 Å². The van der Waals surface area contributed by atoms with Crippen LogP contribution in [0.5, 0.6) is 0 Å². The van der Waals surface area contributed by atoms with E-state index in [4.69, 9.17) is 0 Å². The van der Waals surface area contributed by atoms with Crippen molar-refractivity contribution in [3.05, 3.63) is 53.4 Å². The van der Waals surface area contributed by atoms with E-state index in [1.54, 1.807) is 11.3 Å². The predicted octanol–water partition coefficient (Wildman–Crippen LogP) is 4.88. The molecule has 0 nitrogen and oxygen atoms in total. The fourth-order valence-corrected chi connectivity index (χ4v) is 2.29. The molecule has 0 saturated carbocycles. The Balaban J connectivity index is 2.21. The number of hydrogen-bond donors (Lipinski definition) is 0. The van der Waals surface area contributed by atoms with Crippen molar-refractivity contribution in [3.63, 3.8) is 0 Å². The smallest absolute Gasteiger partial charge is 0.0348 e. The molecule has 2 rings (SSSR count). The Morgan fingerprint density at radius 1 is 1.20 bits per heavy atom. The van der Waals surface area contributed by atoms with E-state index in [2.05, 4.69) is 60.9 Å². The Bertz CT molecular complexity index is 489. The third kappa shape index (κ3) is 2.57. The highest BCUT2D eigenvalue weighted by Crippen LogP contribution is 2.22. The molecule has 0 bridgehead atoms. The third-order valence-corrected chi connectivity index (χ3v) is 3.13. The van der Waals surface area contributed by atoms with Crippen LogP contribution >= 0.6 is 11.3 Å². The zero-order chi connectivity index (χ0) is 10.5. The lowest BCUT2D eigenvalue weighted by Gasteiger charge is -1.92. The first-order valence-electron chi connectivity index (χ1n) is 5.20. The Hall–Kier alpha value is -1.34. The maximum atomic E-state index is 2.23. The van der Waals surface area contributed by atoms with Crippen LogP contribution in [0.3, 0.4) is 0 Å². The molecule has 0 unspecified atom stereocenters. The topological polar surface area (TPSA) is 0 Å². The van der Waals surface area contributed by atoms with E-state index in [9.17, 15) is 0 Å². The van der Waals surface area contributed by atoms with Crippen LogP contribution in [0.4, 0.5) is 0 Å². The summed E-state index contributed by atoms with van der Waals surface area (Å²) in [6, 6.07) is 8.72. The minimum absolute atomic E-state index is 1.09. The average Bonchev–Trinajstić information content (AvgIpc) is 2.71. The largest absolute Gasteiger partial charge is 0.144 e. The summed E-state index contributed by atoms with van der Waals surface area (Å²) >= 11 is 1.79. The highest BCUT2D eigenvalue weighted by atomic mass is 32.1. The molecule has 76 valence electrons. The van der Waals surface area contributed by atoms with Gasteiger partial charge in [-0.25, -0.2) is 0 Å². The molecule has 0 aliphatic rings. The van der Waals surface area contributed by atoms with Gasteiger partial charge in [0, 0.05) is 4.70 Å². The summed E-state index contributed by atoms with van der Waals surface area (Å²) in [6.45, 7) is 2.14. The standard InChI is InChI=1S/C14H14S/c1-2-3-4-5-6-12-7-8-13-9-10-15-14(13)11-12/h3-11H,2H2,1H3. The molecular weight excluding hydrogens is 200 g/mol. The first kappa shape index (κ1) is 10.2. The lowest BCUT2D eigenvalue weighted by Crippen LogP contribution is -1.69. The van der Waals surface area contributed by atoms with Gasteiger partial charge in [-0.2, -0.15) is 0 Å². The van der Waals surface area contributed by atoms with E-state index < -0.39 is 0 Å². The quantitative estimate of drug-likeness (QED) is 0.639. The van der Waals surface area contributed by atoms with Crippen molar-refractivity contribution in [2.24, 2.45) is 0 Å². The molecule has 1 heteroatoms. The van der Waals surface area contributed by atoms with Crippen LogP contribution in [-0.2, 0) is 0 Å². The minimum atomic E-state index is 1.09. The van der Waals surface area contributed by atoms with Crippen molar-refractivity contribution in [2.45, 2.75) is 13.3 Å². The number of hydrogen-bond acceptors (Lipinski definition) is 1. The summed E-state index contributed by atoms with van der Waals surface area (Å²) in [5.74, 6) is 0. The fourth-order valence-electron chi connectivity index (χ4n) is 1.46. The molecule has 1 aromatic carbocycles. The molecule has 0 amide bonds. The molecule has 0 saturated heterocycles. The molecule has 0 fully saturated rings. The summed E-state index contributed by atoms with van der Waals surface area (Å²) in [5, 5.41) is 3.47. The van der Waals surface area contributed by atoms with Gasteiger partial charge in [-0.1, -0.05) is 43.4 Å². The van der Waals surface area contributed by atoms with Gasteiger partial charge >= 0.3 is 0 Å². The van der Waals surface area contributed by atoms with Gasteiger partial charge in [-0.05, 0) is 34.9 Å². The summed E-state index contributed by atoms with van der Waals surface area (Å²) in [5.41, 5.74) is 1.27. The first-order chi connectivity index (χ1) is 7.40. The molecule has 0 atom stereocenters. The van der Waals surface area contributed by atoms with E-state index in [0.717, 1.165) is 6.42 Å². The molecular formula is C14H14S. The number of allylic oxidation sites excluding steroid dienone is 3. The maximum absolute atomic E-state index is 2.23. The SMILES string of the molecule is CCC=CC=Cc1ccc2ccsc2c1. The Morgan fingerprint density at radius 2 is 2.13 bits per heavy atom. The van der Waals surface area contributed by atoms with Crippen LogP contribution in [-0.4, -0.2) is 0 Å². The van der Waals surface area contributed by atoms with Crippen molar-refractivity contribution in [1.82, 2.24) is 0 Å². The lowest BCUT2D eigenvalue weighted by atomic mass is 10.1. The van der Waals surface area contributed by atoms with Gasteiger partial charge in [0.1, 0.15) is 0 Å². The number of rotatable bonds is 3. The Labute approximate surface area is 94.6 Å². The fraction of sp³-hybridized carbons (Fsp3) is 0.143. The van der Waals surface area contributed by atoms with E-state index in [-0.39, 0.29) is 0 Å². The minimum Gasteiger partial charge on any atom is -0.144 e.